The van der Waals surface area contributed by atoms with E-state index in [1.807, 2.05) is 0 Å². The van der Waals surface area contributed by atoms with E-state index in [2.05, 4.69) is 41.5 Å². The van der Waals surface area contributed by atoms with Crippen LogP contribution >= 0.6 is 0 Å². The first-order chi connectivity index (χ1) is 6.64. The van der Waals surface area contributed by atoms with Gasteiger partial charge in [-0.3, -0.25) is 0 Å². The summed E-state index contributed by atoms with van der Waals surface area (Å²) in [5, 5.41) is 0. The summed E-state index contributed by atoms with van der Waals surface area (Å²) in [4.78, 5) is 0. The van der Waals surface area contributed by atoms with Crippen molar-refractivity contribution < 1.29 is 9.47 Å². The molecule has 92 valence electrons. The zero-order chi connectivity index (χ0) is 12.1. The zero-order valence-electron chi connectivity index (χ0n) is 11.5. The number of hydrogen-bond donors (Lipinski definition) is 0. The van der Waals surface area contributed by atoms with Crippen LogP contribution in [0.15, 0.2) is 0 Å². The maximum atomic E-state index is 5.97. The van der Waals surface area contributed by atoms with Gasteiger partial charge in [0.2, 0.25) is 0 Å². The van der Waals surface area contributed by atoms with Crippen molar-refractivity contribution in [2.45, 2.75) is 71.3 Å². The molecule has 0 spiro atoms. The zero-order valence-corrected chi connectivity index (χ0v) is 13.5. The molecular formula is C12H28O2Si. The molecule has 0 fully saturated rings. The molecule has 0 aromatic carbocycles. The Morgan fingerprint density at radius 2 is 1.53 bits per heavy atom. The van der Waals surface area contributed by atoms with Crippen LogP contribution in [0.25, 0.3) is 0 Å². The van der Waals surface area contributed by atoms with Crippen molar-refractivity contribution in [1.29, 1.82) is 0 Å². The van der Waals surface area contributed by atoms with Crippen molar-refractivity contribution in [3.8, 4) is 0 Å². The molecule has 0 radical (unpaired) electrons. The second-order valence-electron chi connectivity index (χ2n) is 6.06. The molecular weight excluding hydrogens is 204 g/mol. The lowest BCUT2D eigenvalue weighted by atomic mass is 10.1. The predicted octanol–water partition coefficient (Wildman–Crippen LogP) is 2.16. The van der Waals surface area contributed by atoms with Gasteiger partial charge in [-0.25, -0.2) is 0 Å². The molecule has 0 bridgehead atoms. The third kappa shape index (κ3) is 10.4. The molecule has 15 heavy (non-hydrogen) atoms. The SMILES string of the molecule is CC(C)(C)OCC(CC[SiH3])OC(C)(C)C. The van der Waals surface area contributed by atoms with Gasteiger partial charge in [0.15, 0.2) is 0 Å². The van der Waals surface area contributed by atoms with Crippen molar-refractivity contribution >= 4 is 10.2 Å². The Balaban J connectivity index is 4.05. The predicted molar refractivity (Wildman–Crippen MR) is 69.7 cm³/mol. The third-order valence-electron chi connectivity index (χ3n) is 1.83. The normalized spacial score (nSPS) is 15.6. The van der Waals surface area contributed by atoms with Crippen LogP contribution in [0.1, 0.15) is 48.0 Å². The highest BCUT2D eigenvalue weighted by atomic mass is 28.1. The minimum Gasteiger partial charge on any atom is -0.373 e. The van der Waals surface area contributed by atoms with E-state index in [-0.39, 0.29) is 17.3 Å². The third-order valence-corrected chi connectivity index (χ3v) is 2.41. The van der Waals surface area contributed by atoms with Gasteiger partial charge in [0, 0.05) is 10.2 Å². The fourth-order valence-corrected chi connectivity index (χ4v) is 1.99. The van der Waals surface area contributed by atoms with E-state index in [9.17, 15) is 0 Å². The summed E-state index contributed by atoms with van der Waals surface area (Å²) in [6.45, 7) is 13.3. The second kappa shape index (κ2) is 6.02. The van der Waals surface area contributed by atoms with Crippen LogP contribution in [-0.4, -0.2) is 34.2 Å². The Morgan fingerprint density at radius 1 is 1.00 bits per heavy atom. The Morgan fingerprint density at radius 3 is 1.87 bits per heavy atom. The monoisotopic (exact) mass is 232 g/mol. The summed E-state index contributed by atoms with van der Waals surface area (Å²) >= 11 is 0. The van der Waals surface area contributed by atoms with Gasteiger partial charge in [-0.1, -0.05) is 6.04 Å². The first-order valence-electron chi connectivity index (χ1n) is 5.96. The van der Waals surface area contributed by atoms with E-state index >= 15 is 0 Å². The minimum absolute atomic E-state index is 0.0648. The van der Waals surface area contributed by atoms with Gasteiger partial charge in [-0.2, -0.15) is 0 Å². The van der Waals surface area contributed by atoms with Crippen molar-refractivity contribution in [2.24, 2.45) is 0 Å². The molecule has 3 heteroatoms. The van der Waals surface area contributed by atoms with Gasteiger partial charge in [-0.05, 0) is 48.0 Å². The van der Waals surface area contributed by atoms with Crippen LogP contribution in [0, 0.1) is 0 Å². The first-order valence-corrected chi connectivity index (χ1v) is 7.37. The van der Waals surface area contributed by atoms with E-state index in [0.717, 1.165) is 6.42 Å². The molecule has 0 aliphatic carbocycles. The van der Waals surface area contributed by atoms with Crippen LogP contribution in [-0.2, 0) is 9.47 Å². The maximum Gasteiger partial charge on any atom is 0.0812 e. The van der Waals surface area contributed by atoms with E-state index in [1.165, 1.54) is 16.3 Å². The molecule has 0 aromatic heterocycles. The van der Waals surface area contributed by atoms with Gasteiger partial charge in [0.05, 0.1) is 23.9 Å². The summed E-state index contributed by atoms with van der Waals surface area (Å²) in [7, 11) is 1.24. The topological polar surface area (TPSA) is 18.5 Å². The van der Waals surface area contributed by atoms with Crippen LogP contribution in [0.2, 0.25) is 6.04 Å². The van der Waals surface area contributed by atoms with E-state index < -0.39 is 0 Å². The van der Waals surface area contributed by atoms with Crippen LogP contribution in [0.3, 0.4) is 0 Å². The van der Waals surface area contributed by atoms with E-state index in [4.69, 9.17) is 9.47 Å². The lowest BCUT2D eigenvalue weighted by Gasteiger charge is -2.30. The highest BCUT2D eigenvalue weighted by Crippen LogP contribution is 2.17. The molecule has 0 saturated heterocycles. The average molecular weight is 232 g/mol. The molecule has 1 unspecified atom stereocenters. The Hall–Kier alpha value is 0.137. The van der Waals surface area contributed by atoms with Crippen molar-refractivity contribution in [2.75, 3.05) is 6.61 Å². The molecule has 0 N–H and O–H groups in total. The number of hydrogen-bond acceptors (Lipinski definition) is 2. The van der Waals surface area contributed by atoms with Crippen LogP contribution in [0.4, 0.5) is 0 Å². The molecule has 0 aromatic rings. The van der Waals surface area contributed by atoms with Gasteiger partial charge in [-0.15, -0.1) is 0 Å². The second-order valence-corrected chi connectivity index (χ2v) is 7.06. The largest absolute Gasteiger partial charge is 0.373 e. The lowest BCUT2D eigenvalue weighted by molar-refractivity contribution is -0.119. The fraction of sp³-hybridized carbons (Fsp3) is 1.00. The highest BCUT2D eigenvalue weighted by Gasteiger charge is 2.20. The van der Waals surface area contributed by atoms with E-state index in [0.29, 0.717) is 6.61 Å². The van der Waals surface area contributed by atoms with E-state index in [1.54, 1.807) is 0 Å². The van der Waals surface area contributed by atoms with Crippen molar-refractivity contribution in [3.05, 3.63) is 0 Å². The minimum atomic E-state index is -0.0668. The first kappa shape index (κ1) is 15.1. The molecule has 0 aliphatic heterocycles. The molecule has 0 saturated carbocycles. The van der Waals surface area contributed by atoms with Crippen LogP contribution in [0.5, 0.6) is 0 Å². The molecule has 0 rings (SSSR count). The smallest absolute Gasteiger partial charge is 0.0812 e. The van der Waals surface area contributed by atoms with Crippen molar-refractivity contribution in [3.63, 3.8) is 0 Å². The van der Waals surface area contributed by atoms with Gasteiger partial charge >= 0.3 is 0 Å². The maximum absolute atomic E-state index is 5.97. The summed E-state index contributed by atoms with van der Waals surface area (Å²) in [5.74, 6) is 0. The lowest BCUT2D eigenvalue weighted by Crippen LogP contribution is -2.33. The van der Waals surface area contributed by atoms with Gasteiger partial charge in [0.1, 0.15) is 0 Å². The summed E-state index contributed by atoms with van der Waals surface area (Å²) in [6, 6.07) is 1.27. The molecule has 1 atom stereocenters. The summed E-state index contributed by atoms with van der Waals surface area (Å²) in [5.41, 5.74) is -0.132. The van der Waals surface area contributed by atoms with Crippen LogP contribution < -0.4 is 0 Å². The average Bonchev–Trinajstić information content (AvgIpc) is 1.96. The highest BCUT2D eigenvalue weighted by molar-refractivity contribution is 6.08. The Kier molecular flexibility index (Phi) is 6.07. The molecule has 0 heterocycles. The summed E-state index contributed by atoms with van der Waals surface area (Å²) < 4.78 is 11.8. The molecule has 0 amide bonds. The number of ether oxygens (including phenoxy) is 2. The molecule has 0 aliphatic rings. The fourth-order valence-electron chi connectivity index (χ4n) is 1.34. The van der Waals surface area contributed by atoms with Gasteiger partial charge in [0.25, 0.3) is 0 Å². The number of rotatable bonds is 5. The quantitative estimate of drug-likeness (QED) is 0.676. The Labute approximate surface area is 98.2 Å². The summed E-state index contributed by atoms with van der Waals surface area (Å²) in [6.07, 6.45) is 1.38. The molecule has 2 nitrogen and oxygen atoms in total. The standard InChI is InChI=1S/C12H28O2Si/c1-11(2,3)13-9-10(7-8-15)14-12(4,5)6/h10H,7-9H2,1-6,15H3. The Bertz CT molecular complexity index is 167. The van der Waals surface area contributed by atoms with Gasteiger partial charge < -0.3 is 9.47 Å². The van der Waals surface area contributed by atoms with Crippen molar-refractivity contribution in [1.82, 2.24) is 0 Å².